The molecular formula is C18H14ClN3O4S2. The topological polar surface area (TPSA) is 105 Å². The Bertz CT molecular complexity index is 1110. The van der Waals surface area contributed by atoms with Gasteiger partial charge in [-0.3, -0.25) is 14.9 Å². The van der Waals surface area contributed by atoms with Crippen molar-refractivity contribution in [3.63, 3.8) is 0 Å². The first-order valence-electron chi connectivity index (χ1n) is 7.93. The fraction of sp³-hybridized carbons (Fsp3) is 0.0556. The molecule has 10 heteroatoms. The smallest absolute Gasteiger partial charge is 0.284 e. The van der Waals surface area contributed by atoms with Gasteiger partial charge in [-0.15, -0.1) is 4.40 Å². The number of rotatable bonds is 4. The molecule has 3 rings (SSSR count). The molecule has 2 aromatic rings. The molecule has 1 heterocycles. The number of anilines is 1. The summed E-state index contributed by atoms with van der Waals surface area (Å²) in [6, 6.07) is 12.5. The van der Waals surface area contributed by atoms with Crippen LogP contribution in [0.15, 0.2) is 62.7 Å². The molecule has 1 aliphatic heterocycles. The number of benzene rings is 2. The number of thioether (sulfide) groups is 1. The van der Waals surface area contributed by atoms with E-state index in [0.29, 0.717) is 16.3 Å². The van der Waals surface area contributed by atoms with E-state index in [2.05, 4.69) is 15.0 Å². The standard InChI is InChI=1S/C18H14ClN3O4S2/c1-11(23)20-13-6-8-14(9-7-13)28(25,26)22-18-21-17(24)16(27-18)10-12-4-2-3-5-15(12)19/h2-10H,1H3,(H,20,23)(H,21,22,24)/b16-10-. The van der Waals surface area contributed by atoms with Gasteiger partial charge in [-0.2, -0.15) is 8.42 Å². The van der Waals surface area contributed by atoms with Gasteiger partial charge < -0.3 is 5.32 Å². The molecule has 28 heavy (non-hydrogen) atoms. The summed E-state index contributed by atoms with van der Waals surface area (Å²) in [5.74, 6) is -0.723. The third-order valence-electron chi connectivity index (χ3n) is 3.52. The van der Waals surface area contributed by atoms with Crippen LogP contribution >= 0.6 is 23.4 Å². The molecule has 0 aliphatic carbocycles. The summed E-state index contributed by atoms with van der Waals surface area (Å²) in [4.78, 5) is 23.4. The lowest BCUT2D eigenvalue weighted by molar-refractivity contribution is -0.115. The van der Waals surface area contributed by atoms with Gasteiger partial charge in [0.05, 0.1) is 9.80 Å². The van der Waals surface area contributed by atoms with E-state index in [-0.39, 0.29) is 20.9 Å². The van der Waals surface area contributed by atoms with Crippen LogP contribution < -0.4 is 10.6 Å². The summed E-state index contributed by atoms with van der Waals surface area (Å²) < 4.78 is 28.6. The number of nitrogens with one attached hydrogen (secondary N) is 2. The van der Waals surface area contributed by atoms with E-state index in [1.165, 1.54) is 31.2 Å². The van der Waals surface area contributed by atoms with Crippen LogP contribution in [0.4, 0.5) is 5.69 Å². The molecule has 1 saturated heterocycles. The largest absolute Gasteiger partial charge is 0.326 e. The maximum Gasteiger partial charge on any atom is 0.284 e. The maximum absolute atomic E-state index is 12.5. The van der Waals surface area contributed by atoms with E-state index in [4.69, 9.17) is 11.6 Å². The quantitative estimate of drug-likeness (QED) is 0.717. The van der Waals surface area contributed by atoms with Gasteiger partial charge in [0, 0.05) is 17.6 Å². The van der Waals surface area contributed by atoms with Crippen molar-refractivity contribution in [2.75, 3.05) is 5.32 Å². The average Bonchev–Trinajstić information content (AvgIpc) is 2.95. The van der Waals surface area contributed by atoms with Crippen LogP contribution in [0.3, 0.4) is 0 Å². The normalized spacial score (nSPS) is 17.0. The van der Waals surface area contributed by atoms with E-state index >= 15 is 0 Å². The van der Waals surface area contributed by atoms with Gasteiger partial charge in [-0.25, -0.2) is 0 Å². The molecule has 144 valence electrons. The number of nitrogens with zero attached hydrogens (tertiary/aromatic N) is 1. The summed E-state index contributed by atoms with van der Waals surface area (Å²) >= 11 is 6.99. The Morgan fingerprint density at radius 1 is 1.18 bits per heavy atom. The molecule has 0 atom stereocenters. The third kappa shape index (κ3) is 4.80. The first-order chi connectivity index (χ1) is 13.2. The number of hydrogen-bond donors (Lipinski definition) is 2. The van der Waals surface area contributed by atoms with Crippen molar-refractivity contribution < 1.29 is 18.0 Å². The van der Waals surface area contributed by atoms with E-state index in [1.807, 2.05) is 0 Å². The lowest BCUT2D eigenvalue weighted by Crippen LogP contribution is -2.20. The lowest BCUT2D eigenvalue weighted by atomic mass is 10.2. The van der Waals surface area contributed by atoms with Gasteiger partial charge in [-0.05, 0) is 53.7 Å². The van der Waals surface area contributed by atoms with Crippen LogP contribution in [0.1, 0.15) is 12.5 Å². The Morgan fingerprint density at radius 2 is 1.86 bits per heavy atom. The minimum atomic E-state index is -4.03. The van der Waals surface area contributed by atoms with Crippen LogP contribution in [0.2, 0.25) is 5.02 Å². The zero-order valence-corrected chi connectivity index (χ0v) is 16.9. The molecule has 7 nitrogen and oxygen atoms in total. The number of amides is 2. The summed E-state index contributed by atoms with van der Waals surface area (Å²) in [6.45, 7) is 1.35. The Labute approximate surface area is 170 Å². The highest BCUT2D eigenvalue weighted by atomic mass is 35.5. The highest BCUT2D eigenvalue weighted by Gasteiger charge is 2.26. The SMILES string of the molecule is CC(=O)Nc1ccc(S(=O)(=O)/N=C2\NC(=O)/C(=C/c3ccccc3Cl)S2)cc1. The molecule has 0 radical (unpaired) electrons. The fourth-order valence-corrected chi connectivity index (χ4v) is 4.44. The van der Waals surface area contributed by atoms with Gasteiger partial charge in [0.1, 0.15) is 0 Å². The van der Waals surface area contributed by atoms with Crippen molar-refractivity contribution >= 4 is 62.1 Å². The molecular weight excluding hydrogens is 422 g/mol. The highest BCUT2D eigenvalue weighted by molar-refractivity contribution is 8.19. The van der Waals surface area contributed by atoms with Crippen LogP contribution in [-0.4, -0.2) is 25.4 Å². The van der Waals surface area contributed by atoms with E-state index in [0.717, 1.165) is 11.8 Å². The number of sulfonamides is 1. The van der Waals surface area contributed by atoms with Crippen molar-refractivity contribution in [3.8, 4) is 0 Å². The van der Waals surface area contributed by atoms with Gasteiger partial charge in [0.15, 0.2) is 5.17 Å². The first-order valence-corrected chi connectivity index (χ1v) is 10.6. The second kappa shape index (κ2) is 8.17. The van der Waals surface area contributed by atoms with Gasteiger partial charge >= 0.3 is 0 Å². The molecule has 0 aromatic heterocycles. The maximum atomic E-state index is 12.5. The zero-order chi connectivity index (χ0) is 20.3. The molecule has 0 unspecified atom stereocenters. The molecule has 1 fully saturated rings. The molecule has 1 aliphatic rings. The monoisotopic (exact) mass is 435 g/mol. The van der Waals surface area contributed by atoms with Crippen molar-refractivity contribution in [1.82, 2.24) is 5.32 Å². The minimum Gasteiger partial charge on any atom is -0.326 e. The van der Waals surface area contributed by atoms with E-state index < -0.39 is 15.9 Å². The first kappa shape index (κ1) is 20.1. The van der Waals surface area contributed by atoms with Gasteiger partial charge in [0.2, 0.25) is 5.91 Å². The number of carbonyl (C=O) groups excluding carboxylic acids is 2. The third-order valence-corrected chi connectivity index (χ3v) is 6.18. The van der Waals surface area contributed by atoms with Crippen molar-refractivity contribution in [2.45, 2.75) is 11.8 Å². The summed E-state index contributed by atoms with van der Waals surface area (Å²) in [5, 5.41) is 5.41. The van der Waals surface area contributed by atoms with Crippen molar-refractivity contribution in [2.24, 2.45) is 4.40 Å². The average molecular weight is 436 g/mol. The van der Waals surface area contributed by atoms with Crippen molar-refractivity contribution in [1.29, 1.82) is 0 Å². The Balaban J connectivity index is 1.82. The van der Waals surface area contributed by atoms with Crippen molar-refractivity contribution in [3.05, 3.63) is 64.0 Å². The summed E-state index contributed by atoms with van der Waals surface area (Å²) in [5.41, 5.74) is 1.10. The zero-order valence-electron chi connectivity index (χ0n) is 14.5. The predicted octanol–water partition coefficient (Wildman–Crippen LogP) is 3.25. The second-order valence-corrected chi connectivity index (χ2v) is 8.71. The summed E-state index contributed by atoms with van der Waals surface area (Å²) in [6.07, 6.45) is 1.57. The second-order valence-electron chi connectivity index (χ2n) is 5.66. The molecule has 2 aromatic carbocycles. The minimum absolute atomic E-state index is 0.0470. The molecule has 0 bridgehead atoms. The van der Waals surface area contributed by atoms with E-state index in [9.17, 15) is 18.0 Å². The molecule has 0 spiro atoms. The Kier molecular flexibility index (Phi) is 5.87. The van der Waals surface area contributed by atoms with Crippen LogP contribution in [0, 0.1) is 0 Å². The Morgan fingerprint density at radius 3 is 2.50 bits per heavy atom. The number of amidine groups is 1. The number of hydrogen-bond acceptors (Lipinski definition) is 5. The van der Waals surface area contributed by atoms with Crippen LogP contribution in [-0.2, 0) is 19.6 Å². The molecule has 2 N–H and O–H groups in total. The predicted molar refractivity (Wildman–Crippen MR) is 111 cm³/mol. The number of halogens is 1. The molecule has 2 amide bonds. The lowest BCUT2D eigenvalue weighted by Gasteiger charge is -2.03. The van der Waals surface area contributed by atoms with Gasteiger partial charge in [-0.1, -0.05) is 29.8 Å². The Hall–Kier alpha value is -2.62. The summed E-state index contributed by atoms with van der Waals surface area (Å²) in [7, 11) is -4.03. The number of carbonyl (C=O) groups is 2. The van der Waals surface area contributed by atoms with Crippen LogP contribution in [0.5, 0.6) is 0 Å². The van der Waals surface area contributed by atoms with E-state index in [1.54, 1.807) is 30.3 Å². The fourth-order valence-electron chi connectivity index (χ4n) is 2.28. The van der Waals surface area contributed by atoms with Crippen LogP contribution in [0.25, 0.3) is 6.08 Å². The highest BCUT2D eigenvalue weighted by Crippen LogP contribution is 2.29. The van der Waals surface area contributed by atoms with Gasteiger partial charge in [0.25, 0.3) is 15.9 Å². The molecule has 0 saturated carbocycles.